The zero-order valence-corrected chi connectivity index (χ0v) is 15.3. The summed E-state index contributed by atoms with van der Waals surface area (Å²) in [6, 6.07) is 5.98. The summed E-state index contributed by atoms with van der Waals surface area (Å²) >= 11 is 5.79. The second kappa shape index (κ2) is 7.28. The molecular weight excluding hydrogens is 413 g/mol. The third-order valence-corrected chi connectivity index (χ3v) is 4.30. The van der Waals surface area contributed by atoms with Crippen molar-refractivity contribution >= 4 is 29.2 Å². The summed E-state index contributed by atoms with van der Waals surface area (Å²) in [6.07, 6.45) is -0.518. The first-order valence-corrected chi connectivity index (χ1v) is 8.65. The molecule has 0 unspecified atom stereocenters. The van der Waals surface area contributed by atoms with E-state index in [4.69, 9.17) is 21.1 Å². The summed E-state index contributed by atoms with van der Waals surface area (Å²) in [7, 11) is 0. The smallest absolute Gasteiger partial charge is 0.420 e. The molecular formula is C18H12ClF3N4O3. The number of pyridine rings is 1. The van der Waals surface area contributed by atoms with Crippen LogP contribution in [0.1, 0.15) is 17.0 Å². The maximum absolute atomic E-state index is 13.1. The highest BCUT2D eigenvalue weighted by molar-refractivity contribution is 6.30. The number of alkyl halides is 3. The molecule has 4 rings (SSSR count). The zero-order valence-electron chi connectivity index (χ0n) is 14.5. The van der Waals surface area contributed by atoms with Gasteiger partial charge in [-0.2, -0.15) is 13.2 Å². The second-order valence-corrected chi connectivity index (χ2v) is 6.48. The van der Waals surface area contributed by atoms with Crippen molar-refractivity contribution in [3.8, 4) is 11.5 Å². The number of carbonyl (C=O) groups excluding carboxylic acids is 1. The lowest BCUT2D eigenvalue weighted by molar-refractivity contribution is -0.136. The number of nitrogens with one attached hydrogen (secondary N) is 1. The molecule has 2 aromatic heterocycles. The van der Waals surface area contributed by atoms with Crippen molar-refractivity contribution in [3.63, 3.8) is 0 Å². The Hall–Kier alpha value is -3.27. The number of fused-ring (bicyclic) bond motifs is 2. The Morgan fingerprint density at radius 2 is 2.03 bits per heavy atom. The van der Waals surface area contributed by atoms with E-state index in [1.807, 2.05) is 0 Å². The summed E-state index contributed by atoms with van der Waals surface area (Å²) in [5.41, 5.74) is -0.668. The molecule has 1 amide bonds. The van der Waals surface area contributed by atoms with Crippen LogP contribution in [-0.4, -0.2) is 27.3 Å². The van der Waals surface area contributed by atoms with Crippen LogP contribution in [0.15, 0.2) is 36.5 Å². The van der Waals surface area contributed by atoms with E-state index in [2.05, 4.69) is 15.5 Å². The minimum Gasteiger partial charge on any atom is -0.454 e. The monoisotopic (exact) mass is 424 g/mol. The molecule has 150 valence electrons. The maximum atomic E-state index is 13.1. The van der Waals surface area contributed by atoms with Gasteiger partial charge in [-0.05, 0) is 29.8 Å². The molecule has 0 bridgehead atoms. The van der Waals surface area contributed by atoms with E-state index in [0.29, 0.717) is 11.5 Å². The predicted molar refractivity (Wildman–Crippen MR) is 96.4 cm³/mol. The van der Waals surface area contributed by atoms with E-state index in [0.717, 1.165) is 16.0 Å². The maximum Gasteiger partial charge on any atom is 0.420 e. The molecule has 7 nitrogen and oxygen atoms in total. The molecule has 1 N–H and O–H groups in total. The fraction of sp³-hybridized carbons (Fsp3) is 0.167. The quantitative estimate of drug-likeness (QED) is 0.649. The largest absolute Gasteiger partial charge is 0.454 e. The number of hydrogen-bond donors (Lipinski definition) is 1. The number of hydrogen-bond acceptors (Lipinski definition) is 5. The Morgan fingerprint density at radius 3 is 2.83 bits per heavy atom. The summed E-state index contributed by atoms with van der Waals surface area (Å²) in [4.78, 5) is 12.1. The molecule has 1 aromatic carbocycles. The molecule has 0 radical (unpaired) electrons. The summed E-state index contributed by atoms with van der Waals surface area (Å²) < 4.78 is 51.0. The average molecular weight is 425 g/mol. The Balaban J connectivity index is 1.47. The van der Waals surface area contributed by atoms with Crippen molar-refractivity contribution in [2.24, 2.45) is 0 Å². The van der Waals surface area contributed by atoms with Crippen molar-refractivity contribution in [1.82, 2.24) is 19.9 Å². The lowest BCUT2D eigenvalue weighted by atomic mass is 10.2. The van der Waals surface area contributed by atoms with Gasteiger partial charge in [0.15, 0.2) is 23.0 Å². The lowest BCUT2D eigenvalue weighted by Crippen LogP contribution is -2.21. The first-order chi connectivity index (χ1) is 13.8. The van der Waals surface area contributed by atoms with E-state index in [9.17, 15) is 18.0 Å². The highest BCUT2D eigenvalue weighted by atomic mass is 35.5. The third kappa shape index (κ3) is 3.97. The summed E-state index contributed by atoms with van der Waals surface area (Å²) in [5.74, 6) is 0.859. The number of halogens is 4. The molecule has 0 spiro atoms. The van der Waals surface area contributed by atoms with E-state index in [1.54, 1.807) is 24.3 Å². The van der Waals surface area contributed by atoms with Gasteiger partial charge in [0, 0.05) is 12.3 Å². The average Bonchev–Trinajstić information content (AvgIpc) is 3.29. The second-order valence-electron chi connectivity index (χ2n) is 6.04. The molecule has 0 saturated heterocycles. The highest BCUT2D eigenvalue weighted by Crippen LogP contribution is 2.34. The zero-order chi connectivity index (χ0) is 20.6. The van der Waals surface area contributed by atoms with Crippen LogP contribution >= 0.6 is 11.6 Å². The standard InChI is InChI=1S/C18H12ClF3N4O3/c19-11-6-12(18(20,21)22)17-25-24-15(26(17)8-11)7-23-16(27)4-2-10-1-3-13-14(5-10)29-9-28-13/h1-6,8H,7,9H2,(H,23,27). The van der Waals surface area contributed by atoms with Gasteiger partial charge < -0.3 is 14.8 Å². The van der Waals surface area contributed by atoms with Crippen molar-refractivity contribution in [2.45, 2.75) is 12.7 Å². The fourth-order valence-corrected chi connectivity index (χ4v) is 2.96. The molecule has 3 aromatic rings. The molecule has 1 aliphatic heterocycles. The van der Waals surface area contributed by atoms with Gasteiger partial charge in [0.25, 0.3) is 0 Å². The molecule has 1 aliphatic rings. The SMILES string of the molecule is O=C(C=Cc1ccc2c(c1)OCO2)NCc1nnc2c(C(F)(F)F)cc(Cl)cn12. The number of aromatic nitrogens is 3. The molecule has 0 saturated carbocycles. The van der Waals surface area contributed by atoms with E-state index in [-0.39, 0.29) is 29.8 Å². The highest BCUT2D eigenvalue weighted by Gasteiger charge is 2.35. The van der Waals surface area contributed by atoms with Gasteiger partial charge in [0.1, 0.15) is 5.56 Å². The first-order valence-electron chi connectivity index (χ1n) is 8.27. The Labute approximate surface area is 166 Å². The minimum atomic E-state index is -4.63. The van der Waals surface area contributed by atoms with Crippen molar-refractivity contribution in [1.29, 1.82) is 0 Å². The number of carbonyl (C=O) groups is 1. The number of amides is 1. The Morgan fingerprint density at radius 1 is 1.24 bits per heavy atom. The normalized spacial score (nSPS) is 13.4. The van der Waals surface area contributed by atoms with Crippen LogP contribution in [0.25, 0.3) is 11.7 Å². The Kier molecular flexibility index (Phi) is 4.79. The van der Waals surface area contributed by atoms with Crippen LogP contribution in [0.4, 0.5) is 13.2 Å². The van der Waals surface area contributed by atoms with Gasteiger partial charge >= 0.3 is 6.18 Å². The first kappa shape index (κ1) is 19.1. The number of nitrogens with zero attached hydrogens (tertiary/aromatic N) is 3. The molecule has 29 heavy (non-hydrogen) atoms. The molecule has 0 atom stereocenters. The Bertz CT molecular complexity index is 1130. The van der Waals surface area contributed by atoms with Gasteiger partial charge in [0.05, 0.1) is 11.6 Å². The van der Waals surface area contributed by atoms with E-state index >= 15 is 0 Å². The molecule has 11 heteroatoms. The van der Waals surface area contributed by atoms with Gasteiger partial charge in [-0.25, -0.2) is 0 Å². The van der Waals surface area contributed by atoms with Gasteiger partial charge in [0.2, 0.25) is 12.7 Å². The number of ether oxygens (including phenoxy) is 2. The van der Waals surface area contributed by atoms with Gasteiger partial charge in [-0.1, -0.05) is 17.7 Å². The van der Waals surface area contributed by atoms with Crippen LogP contribution in [0.5, 0.6) is 11.5 Å². The van der Waals surface area contributed by atoms with Crippen LogP contribution in [0.3, 0.4) is 0 Å². The van der Waals surface area contributed by atoms with Gasteiger partial charge in [-0.3, -0.25) is 9.20 Å². The number of benzene rings is 1. The molecule has 0 fully saturated rings. The van der Waals surface area contributed by atoms with Crippen LogP contribution in [0.2, 0.25) is 5.02 Å². The number of rotatable bonds is 4. The van der Waals surface area contributed by atoms with Crippen molar-refractivity contribution < 1.29 is 27.4 Å². The van der Waals surface area contributed by atoms with E-state index < -0.39 is 17.6 Å². The predicted octanol–water partition coefficient (Wildman–Crippen LogP) is 3.46. The van der Waals surface area contributed by atoms with Crippen LogP contribution in [-0.2, 0) is 17.5 Å². The molecule has 0 aliphatic carbocycles. The van der Waals surface area contributed by atoms with Crippen LogP contribution in [0, 0.1) is 0 Å². The van der Waals surface area contributed by atoms with Crippen molar-refractivity contribution in [2.75, 3.05) is 6.79 Å². The fourth-order valence-electron chi connectivity index (χ4n) is 2.75. The third-order valence-electron chi connectivity index (χ3n) is 4.09. The van der Waals surface area contributed by atoms with E-state index in [1.165, 1.54) is 12.3 Å². The van der Waals surface area contributed by atoms with Crippen molar-refractivity contribution in [3.05, 3.63) is 58.5 Å². The minimum absolute atomic E-state index is 0.109. The van der Waals surface area contributed by atoms with Crippen LogP contribution < -0.4 is 14.8 Å². The summed E-state index contributed by atoms with van der Waals surface area (Å²) in [6.45, 7) is 0.0124. The van der Waals surface area contributed by atoms with Gasteiger partial charge in [-0.15, -0.1) is 10.2 Å². The topological polar surface area (TPSA) is 77.8 Å². The lowest BCUT2D eigenvalue weighted by Gasteiger charge is -2.09. The molecule has 3 heterocycles. The summed E-state index contributed by atoms with van der Waals surface area (Å²) in [5, 5.41) is 9.72.